The Labute approximate surface area is 159 Å². The molecule has 2 N–H and O–H groups in total. The van der Waals surface area contributed by atoms with E-state index in [-0.39, 0.29) is 29.1 Å². The lowest BCUT2D eigenvalue weighted by molar-refractivity contribution is -0.138. The van der Waals surface area contributed by atoms with Gasteiger partial charge < -0.3 is 15.5 Å². The standard InChI is InChI=1S/C17H20BrN3O3S/c1-10-7-11(18)3-4-12(10)20-14(22)8-19-16(24)13-9-25-17(2)6-5-15(23)21(13)17/h3-4,7,13H,5-6,8-9H2,1-2H3,(H,19,24)(H,20,22)/t13-,17+/m1/s1. The Balaban J connectivity index is 1.55. The van der Waals surface area contributed by atoms with Crippen LogP contribution in [0.4, 0.5) is 5.69 Å². The first-order valence-electron chi connectivity index (χ1n) is 8.10. The molecule has 3 amide bonds. The lowest BCUT2D eigenvalue weighted by atomic mass is 10.2. The highest BCUT2D eigenvalue weighted by Gasteiger charge is 2.52. The minimum absolute atomic E-state index is 0.0163. The molecule has 2 aliphatic heterocycles. The maximum Gasteiger partial charge on any atom is 0.244 e. The fourth-order valence-corrected chi connectivity index (χ4v) is 5.17. The van der Waals surface area contributed by atoms with Gasteiger partial charge >= 0.3 is 0 Å². The number of fused-ring (bicyclic) bond motifs is 1. The van der Waals surface area contributed by atoms with Crippen molar-refractivity contribution in [2.24, 2.45) is 0 Å². The normalized spacial score (nSPS) is 25.0. The van der Waals surface area contributed by atoms with Gasteiger partial charge in [0, 0.05) is 22.3 Å². The maximum absolute atomic E-state index is 12.4. The van der Waals surface area contributed by atoms with Crippen molar-refractivity contribution in [2.75, 3.05) is 17.6 Å². The number of halogens is 1. The van der Waals surface area contributed by atoms with Crippen LogP contribution in [-0.2, 0) is 14.4 Å². The number of amides is 3. The van der Waals surface area contributed by atoms with Crippen molar-refractivity contribution in [3.05, 3.63) is 28.2 Å². The number of rotatable bonds is 4. The first-order chi connectivity index (χ1) is 11.8. The highest BCUT2D eigenvalue weighted by molar-refractivity contribution is 9.10. The number of hydrogen-bond acceptors (Lipinski definition) is 4. The Kier molecular flexibility index (Phi) is 5.11. The van der Waals surface area contributed by atoms with Gasteiger partial charge in [-0.3, -0.25) is 14.4 Å². The zero-order valence-corrected chi connectivity index (χ0v) is 16.5. The molecule has 3 rings (SSSR count). The molecule has 0 radical (unpaired) electrons. The minimum atomic E-state index is -0.493. The molecule has 2 fully saturated rings. The summed E-state index contributed by atoms with van der Waals surface area (Å²) < 4.78 is 0.938. The molecule has 0 bridgehead atoms. The van der Waals surface area contributed by atoms with Crippen LogP contribution in [0.2, 0.25) is 0 Å². The summed E-state index contributed by atoms with van der Waals surface area (Å²) in [5, 5.41) is 5.44. The largest absolute Gasteiger partial charge is 0.345 e. The molecule has 0 unspecified atom stereocenters. The third-order valence-electron chi connectivity index (χ3n) is 4.63. The second kappa shape index (κ2) is 6.99. The van der Waals surface area contributed by atoms with E-state index in [0.29, 0.717) is 17.9 Å². The second-order valence-corrected chi connectivity index (χ2v) is 8.91. The number of thioether (sulfide) groups is 1. The molecule has 1 aromatic rings. The van der Waals surface area contributed by atoms with E-state index in [2.05, 4.69) is 26.6 Å². The smallest absolute Gasteiger partial charge is 0.244 e. The van der Waals surface area contributed by atoms with Crippen molar-refractivity contribution in [2.45, 2.75) is 37.6 Å². The molecule has 8 heteroatoms. The topological polar surface area (TPSA) is 78.5 Å². The van der Waals surface area contributed by atoms with Crippen LogP contribution < -0.4 is 10.6 Å². The zero-order valence-electron chi connectivity index (χ0n) is 14.1. The fraction of sp³-hybridized carbons (Fsp3) is 0.471. The molecule has 0 aromatic heterocycles. The van der Waals surface area contributed by atoms with Crippen LogP contribution in [0, 0.1) is 6.92 Å². The van der Waals surface area contributed by atoms with Crippen LogP contribution in [0.5, 0.6) is 0 Å². The molecule has 1 aromatic carbocycles. The molecule has 0 saturated carbocycles. The highest BCUT2D eigenvalue weighted by atomic mass is 79.9. The lowest BCUT2D eigenvalue weighted by Gasteiger charge is -2.29. The van der Waals surface area contributed by atoms with E-state index in [1.807, 2.05) is 26.0 Å². The molecule has 0 aliphatic carbocycles. The molecule has 25 heavy (non-hydrogen) atoms. The molecule has 134 valence electrons. The van der Waals surface area contributed by atoms with Crippen LogP contribution in [0.3, 0.4) is 0 Å². The third-order valence-corrected chi connectivity index (χ3v) is 6.63. The van der Waals surface area contributed by atoms with E-state index in [1.165, 1.54) is 0 Å². The Bertz CT molecular complexity index is 742. The number of benzene rings is 1. The van der Waals surface area contributed by atoms with Crippen LogP contribution in [0.25, 0.3) is 0 Å². The van der Waals surface area contributed by atoms with E-state index in [1.54, 1.807) is 22.7 Å². The molecule has 2 atom stereocenters. The van der Waals surface area contributed by atoms with E-state index in [4.69, 9.17) is 0 Å². The monoisotopic (exact) mass is 425 g/mol. The van der Waals surface area contributed by atoms with Gasteiger partial charge in [0.25, 0.3) is 0 Å². The third kappa shape index (κ3) is 3.69. The van der Waals surface area contributed by atoms with E-state index >= 15 is 0 Å². The van der Waals surface area contributed by atoms with Gasteiger partial charge in [0.1, 0.15) is 6.04 Å². The lowest BCUT2D eigenvalue weighted by Crippen LogP contribution is -2.51. The van der Waals surface area contributed by atoms with Gasteiger partial charge in [0.2, 0.25) is 17.7 Å². The Morgan fingerprint density at radius 2 is 2.20 bits per heavy atom. The fourth-order valence-electron chi connectivity index (χ4n) is 3.26. The average Bonchev–Trinajstić information content (AvgIpc) is 3.04. The zero-order chi connectivity index (χ0) is 18.2. The Morgan fingerprint density at radius 3 is 2.92 bits per heavy atom. The Hall–Kier alpha value is -1.54. The molecule has 6 nitrogen and oxygen atoms in total. The van der Waals surface area contributed by atoms with Crippen molar-refractivity contribution < 1.29 is 14.4 Å². The number of hydrogen-bond donors (Lipinski definition) is 2. The summed E-state index contributed by atoms with van der Waals surface area (Å²) in [4.78, 5) is 38.0. The quantitative estimate of drug-likeness (QED) is 0.775. The summed E-state index contributed by atoms with van der Waals surface area (Å²) >= 11 is 5.01. The van der Waals surface area contributed by atoms with E-state index in [0.717, 1.165) is 16.5 Å². The number of carbonyl (C=O) groups is 3. The summed E-state index contributed by atoms with van der Waals surface area (Å²) in [6, 6.07) is 5.06. The van der Waals surface area contributed by atoms with Crippen LogP contribution in [0.15, 0.2) is 22.7 Å². The van der Waals surface area contributed by atoms with Crippen molar-refractivity contribution >= 4 is 51.1 Å². The van der Waals surface area contributed by atoms with Gasteiger partial charge in [-0.25, -0.2) is 0 Å². The van der Waals surface area contributed by atoms with Crippen molar-refractivity contribution in [1.29, 1.82) is 0 Å². The van der Waals surface area contributed by atoms with Gasteiger partial charge in [-0.15, -0.1) is 11.8 Å². The summed E-state index contributed by atoms with van der Waals surface area (Å²) in [7, 11) is 0. The molecular weight excluding hydrogens is 406 g/mol. The van der Waals surface area contributed by atoms with Crippen molar-refractivity contribution in [1.82, 2.24) is 10.2 Å². The van der Waals surface area contributed by atoms with Crippen LogP contribution in [0.1, 0.15) is 25.3 Å². The first-order valence-corrected chi connectivity index (χ1v) is 9.88. The average molecular weight is 426 g/mol. The van der Waals surface area contributed by atoms with Gasteiger partial charge in [0.15, 0.2) is 0 Å². The van der Waals surface area contributed by atoms with Crippen LogP contribution >= 0.6 is 27.7 Å². The molecule has 2 aliphatic rings. The number of aryl methyl sites for hydroxylation is 1. The molecule has 2 heterocycles. The van der Waals surface area contributed by atoms with E-state index in [9.17, 15) is 14.4 Å². The van der Waals surface area contributed by atoms with E-state index < -0.39 is 6.04 Å². The molecular formula is C17H20BrN3O3S. The van der Waals surface area contributed by atoms with Gasteiger partial charge in [-0.1, -0.05) is 15.9 Å². The predicted octanol–water partition coefficient (Wildman–Crippen LogP) is 2.27. The number of carbonyl (C=O) groups excluding carboxylic acids is 3. The summed E-state index contributed by atoms with van der Waals surface area (Å²) in [6.45, 7) is 3.78. The van der Waals surface area contributed by atoms with Crippen molar-refractivity contribution in [3.63, 3.8) is 0 Å². The summed E-state index contributed by atoms with van der Waals surface area (Å²) in [5.74, 6) is 0.0262. The van der Waals surface area contributed by atoms with Crippen molar-refractivity contribution in [3.8, 4) is 0 Å². The Morgan fingerprint density at radius 1 is 1.44 bits per heavy atom. The molecule has 2 saturated heterocycles. The predicted molar refractivity (Wildman–Crippen MR) is 101 cm³/mol. The maximum atomic E-state index is 12.4. The number of nitrogens with one attached hydrogen (secondary N) is 2. The first kappa shape index (κ1) is 18.3. The molecule has 0 spiro atoms. The second-order valence-electron chi connectivity index (χ2n) is 6.49. The van der Waals surface area contributed by atoms with Crippen LogP contribution in [-0.4, -0.2) is 45.8 Å². The summed E-state index contributed by atoms with van der Waals surface area (Å²) in [6.07, 6.45) is 1.25. The number of anilines is 1. The highest BCUT2D eigenvalue weighted by Crippen LogP contribution is 2.47. The number of nitrogens with zero attached hydrogens (tertiary/aromatic N) is 1. The SMILES string of the molecule is Cc1cc(Br)ccc1NC(=O)CNC(=O)[C@H]1CS[C@@]2(C)CCC(=O)N12. The van der Waals surface area contributed by atoms with Gasteiger partial charge in [0.05, 0.1) is 11.4 Å². The minimum Gasteiger partial charge on any atom is -0.345 e. The summed E-state index contributed by atoms with van der Waals surface area (Å²) in [5.41, 5.74) is 1.64. The van der Waals surface area contributed by atoms with Gasteiger partial charge in [-0.2, -0.15) is 0 Å². The van der Waals surface area contributed by atoms with Gasteiger partial charge in [-0.05, 0) is 44.0 Å².